The number of Topliss-reactive ketones (excluding diaryl/α,β-unsaturated/α-hetero) is 1. The molecule has 33 heavy (non-hydrogen) atoms. The van der Waals surface area contributed by atoms with Crippen LogP contribution in [0.5, 0.6) is 0 Å². The molecule has 0 bridgehead atoms. The summed E-state index contributed by atoms with van der Waals surface area (Å²) in [5.41, 5.74) is 3.59. The highest BCUT2D eigenvalue weighted by molar-refractivity contribution is 7.10. The van der Waals surface area contributed by atoms with Crippen LogP contribution in [0.25, 0.3) is 16.7 Å². The number of carbonyl (C=O) groups is 2. The van der Waals surface area contributed by atoms with E-state index < -0.39 is 17.7 Å². The first-order valence-electron chi connectivity index (χ1n) is 10.6. The van der Waals surface area contributed by atoms with Crippen LogP contribution in [0.2, 0.25) is 5.02 Å². The highest BCUT2D eigenvalue weighted by atomic mass is 35.5. The molecule has 1 aliphatic rings. The van der Waals surface area contributed by atoms with Gasteiger partial charge < -0.3 is 15.0 Å². The summed E-state index contributed by atoms with van der Waals surface area (Å²) in [4.78, 5) is 32.0. The molecule has 2 aromatic carbocycles. The number of aryl methyl sites for hydroxylation is 1. The number of aromatic nitrogens is 1. The zero-order chi connectivity index (χ0) is 23.1. The molecule has 1 unspecified atom stereocenters. The van der Waals surface area contributed by atoms with Crippen molar-refractivity contribution in [2.45, 2.75) is 19.4 Å². The van der Waals surface area contributed by atoms with E-state index in [-0.39, 0.29) is 11.3 Å². The highest BCUT2D eigenvalue weighted by Gasteiger charge is 2.46. The molecule has 0 saturated carbocycles. The second-order valence-corrected chi connectivity index (χ2v) is 9.46. The lowest BCUT2D eigenvalue weighted by atomic mass is 9.98. The van der Waals surface area contributed by atoms with Gasteiger partial charge in [0.1, 0.15) is 5.76 Å². The molecular formula is C26H21ClN2O3S. The van der Waals surface area contributed by atoms with Gasteiger partial charge in [-0.1, -0.05) is 41.9 Å². The number of carbonyl (C=O) groups excluding carboxylic acids is 2. The molecule has 4 aromatic rings. The number of aromatic amines is 1. The number of likely N-dealkylation sites (tertiary alicyclic amines) is 1. The summed E-state index contributed by atoms with van der Waals surface area (Å²) in [5.74, 6) is -1.48. The molecule has 2 aromatic heterocycles. The number of amides is 1. The molecule has 0 spiro atoms. The lowest BCUT2D eigenvalue weighted by Crippen LogP contribution is -2.31. The number of nitrogens with zero attached hydrogens (tertiary/aromatic N) is 1. The summed E-state index contributed by atoms with van der Waals surface area (Å²) < 4.78 is 0. The number of ketones is 1. The number of aliphatic hydroxyl groups excluding tert-OH is 1. The minimum atomic E-state index is -0.677. The van der Waals surface area contributed by atoms with Crippen LogP contribution >= 0.6 is 22.9 Å². The van der Waals surface area contributed by atoms with Crippen LogP contribution in [0.3, 0.4) is 0 Å². The number of H-pyrrole nitrogens is 1. The first kappa shape index (κ1) is 21.5. The normalized spacial score (nSPS) is 17.9. The summed E-state index contributed by atoms with van der Waals surface area (Å²) in [6.07, 6.45) is 2.52. The maximum atomic E-state index is 13.2. The van der Waals surface area contributed by atoms with Gasteiger partial charge in [0.25, 0.3) is 11.7 Å². The number of aliphatic hydroxyl groups is 1. The first-order chi connectivity index (χ1) is 16.0. The number of fused-ring (bicyclic) bond motifs is 1. The van der Waals surface area contributed by atoms with Crippen molar-refractivity contribution in [3.05, 3.63) is 98.3 Å². The molecule has 2 N–H and O–H groups in total. The first-order valence-corrected chi connectivity index (χ1v) is 11.8. The van der Waals surface area contributed by atoms with Gasteiger partial charge in [-0.15, -0.1) is 11.3 Å². The van der Waals surface area contributed by atoms with E-state index in [1.54, 1.807) is 29.2 Å². The van der Waals surface area contributed by atoms with Crippen LogP contribution in [0.4, 0.5) is 0 Å². The molecule has 0 radical (unpaired) electrons. The molecule has 3 heterocycles. The van der Waals surface area contributed by atoms with Gasteiger partial charge in [-0.25, -0.2) is 0 Å². The molecule has 1 amide bonds. The number of thiophene rings is 1. The second-order valence-electron chi connectivity index (χ2n) is 8.08. The number of halogens is 1. The maximum Gasteiger partial charge on any atom is 0.295 e. The molecule has 5 nitrogen and oxygen atoms in total. The van der Waals surface area contributed by atoms with E-state index >= 15 is 0 Å². The van der Waals surface area contributed by atoms with Crippen molar-refractivity contribution in [1.29, 1.82) is 0 Å². The largest absolute Gasteiger partial charge is 0.507 e. The topological polar surface area (TPSA) is 73.4 Å². The van der Waals surface area contributed by atoms with E-state index in [1.165, 1.54) is 11.3 Å². The zero-order valence-electron chi connectivity index (χ0n) is 17.8. The van der Waals surface area contributed by atoms with Gasteiger partial charge in [-0.05, 0) is 54.1 Å². The molecule has 1 fully saturated rings. The smallest absolute Gasteiger partial charge is 0.295 e. The molecule has 1 atom stereocenters. The fourth-order valence-corrected chi connectivity index (χ4v) is 5.66. The van der Waals surface area contributed by atoms with Gasteiger partial charge in [0, 0.05) is 39.1 Å². The number of para-hydroxylation sites is 1. The predicted molar refractivity (Wildman–Crippen MR) is 132 cm³/mol. The fourth-order valence-electron chi connectivity index (χ4n) is 4.42. The van der Waals surface area contributed by atoms with E-state index in [4.69, 9.17) is 11.6 Å². The molecule has 166 valence electrons. The quantitative estimate of drug-likeness (QED) is 0.215. The Morgan fingerprint density at radius 1 is 1.15 bits per heavy atom. The zero-order valence-corrected chi connectivity index (χ0v) is 19.4. The minimum absolute atomic E-state index is 0.103. The van der Waals surface area contributed by atoms with Gasteiger partial charge in [0.15, 0.2) is 0 Å². The average molecular weight is 477 g/mol. The Balaban J connectivity index is 1.57. The van der Waals surface area contributed by atoms with Crippen LogP contribution < -0.4 is 0 Å². The SMILES string of the molecule is Cc1ccsc1C1/C(=C(/O)c2cccc(Cl)c2)C(=O)C(=O)N1CCc1c[nH]c2ccccc12. The number of benzene rings is 2. The molecule has 1 saturated heterocycles. The Labute approximate surface area is 199 Å². The van der Waals surface area contributed by atoms with Gasteiger partial charge in [0.05, 0.1) is 11.6 Å². The van der Waals surface area contributed by atoms with Crippen LogP contribution in [0, 0.1) is 6.92 Å². The molecule has 1 aliphatic heterocycles. The molecule has 0 aliphatic carbocycles. The highest BCUT2D eigenvalue weighted by Crippen LogP contribution is 2.42. The van der Waals surface area contributed by atoms with Gasteiger partial charge in [-0.2, -0.15) is 0 Å². The third-order valence-electron chi connectivity index (χ3n) is 6.09. The summed E-state index contributed by atoms with van der Waals surface area (Å²) in [5, 5.41) is 14.6. The van der Waals surface area contributed by atoms with E-state index in [0.717, 1.165) is 26.9 Å². The Bertz CT molecular complexity index is 1420. The van der Waals surface area contributed by atoms with E-state index in [9.17, 15) is 14.7 Å². The van der Waals surface area contributed by atoms with Crippen LogP contribution in [-0.2, 0) is 16.0 Å². The predicted octanol–water partition coefficient (Wildman–Crippen LogP) is 5.86. The van der Waals surface area contributed by atoms with E-state index in [2.05, 4.69) is 4.98 Å². The van der Waals surface area contributed by atoms with Crippen LogP contribution in [0.1, 0.15) is 27.6 Å². The lowest BCUT2D eigenvalue weighted by molar-refractivity contribution is -0.139. The van der Waals surface area contributed by atoms with E-state index in [0.29, 0.717) is 23.6 Å². The summed E-state index contributed by atoms with van der Waals surface area (Å²) in [6.45, 7) is 2.30. The summed E-state index contributed by atoms with van der Waals surface area (Å²) in [6, 6.07) is 16.0. The van der Waals surface area contributed by atoms with Gasteiger partial charge in [0.2, 0.25) is 0 Å². The van der Waals surface area contributed by atoms with E-state index in [1.807, 2.05) is 48.8 Å². The number of hydrogen-bond acceptors (Lipinski definition) is 4. The Hall–Kier alpha value is -3.35. The van der Waals surface area contributed by atoms with Crippen LogP contribution in [0.15, 0.2) is 71.7 Å². The van der Waals surface area contributed by atoms with Gasteiger partial charge in [-0.3, -0.25) is 9.59 Å². The monoisotopic (exact) mass is 476 g/mol. The van der Waals surface area contributed by atoms with Crippen molar-refractivity contribution >= 4 is 51.3 Å². The lowest BCUT2D eigenvalue weighted by Gasteiger charge is -2.25. The van der Waals surface area contributed by atoms with Crippen molar-refractivity contribution in [3.63, 3.8) is 0 Å². The fraction of sp³-hybridized carbons (Fsp3) is 0.154. The summed E-state index contributed by atoms with van der Waals surface area (Å²) in [7, 11) is 0. The Morgan fingerprint density at radius 2 is 1.97 bits per heavy atom. The third-order valence-corrected chi connectivity index (χ3v) is 7.39. The standard InChI is InChI=1S/C26H21ClN2O3S/c1-15-10-12-33-25(15)22-21(23(30)16-5-4-6-18(27)13-16)24(31)26(32)29(22)11-9-17-14-28-20-8-3-2-7-19(17)20/h2-8,10,12-14,22,28,30H,9,11H2,1H3/b23-21-. The average Bonchev–Trinajstić information content (AvgIpc) is 3.49. The Morgan fingerprint density at radius 3 is 2.73 bits per heavy atom. The van der Waals surface area contributed by atoms with Gasteiger partial charge >= 0.3 is 0 Å². The van der Waals surface area contributed by atoms with Crippen molar-refractivity contribution in [1.82, 2.24) is 9.88 Å². The number of hydrogen-bond donors (Lipinski definition) is 2. The molecule has 5 rings (SSSR count). The maximum absolute atomic E-state index is 13.2. The number of nitrogens with one attached hydrogen (secondary N) is 1. The van der Waals surface area contributed by atoms with Crippen molar-refractivity contribution < 1.29 is 14.7 Å². The van der Waals surface area contributed by atoms with Crippen molar-refractivity contribution in [3.8, 4) is 0 Å². The molecule has 7 heteroatoms. The van der Waals surface area contributed by atoms with Crippen LogP contribution in [-0.4, -0.2) is 33.2 Å². The van der Waals surface area contributed by atoms with Crippen molar-refractivity contribution in [2.24, 2.45) is 0 Å². The Kier molecular flexibility index (Phi) is 5.56. The minimum Gasteiger partial charge on any atom is -0.507 e. The second kappa shape index (κ2) is 8.54. The number of rotatable bonds is 5. The van der Waals surface area contributed by atoms with Crippen molar-refractivity contribution in [2.75, 3.05) is 6.54 Å². The molecular weight excluding hydrogens is 456 g/mol. The third kappa shape index (κ3) is 3.75. The summed E-state index contributed by atoms with van der Waals surface area (Å²) >= 11 is 7.58.